The van der Waals surface area contributed by atoms with Gasteiger partial charge in [-0.25, -0.2) is 0 Å². The number of benzene rings is 1. The summed E-state index contributed by atoms with van der Waals surface area (Å²) in [5.41, 5.74) is 2.83. The molecule has 0 amide bonds. The number of carbonyl (C=O) groups excluding carboxylic acids is 1. The standard InChI is InChI=1S/C18H24N2O2/c1-13-18(15-7-2-3-8-16(15)19-13)17(22)12-20-10-5-4-6-14(20)9-11-21/h2-3,7-8,14,19,21H,4-6,9-12H2,1H3/p+1/t14-/m1/s1. The van der Waals surface area contributed by atoms with Crippen LogP contribution in [0.25, 0.3) is 10.9 Å². The number of aromatic nitrogens is 1. The number of H-pyrrole nitrogens is 1. The molecule has 118 valence electrons. The summed E-state index contributed by atoms with van der Waals surface area (Å²) in [6, 6.07) is 8.42. The average Bonchev–Trinajstić information content (AvgIpc) is 2.85. The van der Waals surface area contributed by atoms with E-state index >= 15 is 0 Å². The molecule has 2 heterocycles. The van der Waals surface area contributed by atoms with E-state index in [-0.39, 0.29) is 12.4 Å². The number of fused-ring (bicyclic) bond motifs is 1. The number of aliphatic hydroxyl groups is 1. The first kappa shape index (κ1) is 15.3. The molecule has 1 saturated heterocycles. The number of aliphatic hydroxyl groups excluding tert-OH is 1. The van der Waals surface area contributed by atoms with Gasteiger partial charge in [0.1, 0.15) is 6.54 Å². The maximum absolute atomic E-state index is 12.9. The lowest BCUT2D eigenvalue weighted by Gasteiger charge is -2.31. The first-order valence-electron chi connectivity index (χ1n) is 8.26. The van der Waals surface area contributed by atoms with Gasteiger partial charge in [0.2, 0.25) is 5.78 Å². The largest absolute Gasteiger partial charge is 0.396 e. The van der Waals surface area contributed by atoms with Crippen LogP contribution in [0.4, 0.5) is 0 Å². The van der Waals surface area contributed by atoms with Crippen molar-refractivity contribution >= 4 is 16.7 Å². The molecule has 4 heteroatoms. The summed E-state index contributed by atoms with van der Waals surface area (Å²) in [6.45, 7) is 3.77. The van der Waals surface area contributed by atoms with E-state index in [0.717, 1.165) is 41.5 Å². The number of piperidine rings is 1. The molecular formula is C18H25N2O2+. The number of hydrogen-bond acceptors (Lipinski definition) is 2. The Bertz CT molecular complexity index is 660. The number of quaternary nitrogens is 1. The van der Waals surface area contributed by atoms with Crippen LogP contribution in [-0.4, -0.2) is 41.6 Å². The summed E-state index contributed by atoms with van der Waals surface area (Å²) < 4.78 is 0. The van der Waals surface area contributed by atoms with E-state index < -0.39 is 0 Å². The zero-order chi connectivity index (χ0) is 15.5. The van der Waals surface area contributed by atoms with Gasteiger partial charge >= 0.3 is 0 Å². The van der Waals surface area contributed by atoms with Gasteiger partial charge in [-0.05, 0) is 32.3 Å². The molecule has 1 aromatic carbocycles. The lowest BCUT2D eigenvalue weighted by molar-refractivity contribution is -0.923. The van der Waals surface area contributed by atoms with Crippen molar-refractivity contribution in [2.75, 3.05) is 19.7 Å². The van der Waals surface area contributed by atoms with Crippen LogP contribution in [-0.2, 0) is 0 Å². The van der Waals surface area contributed by atoms with Crippen molar-refractivity contribution in [3.63, 3.8) is 0 Å². The van der Waals surface area contributed by atoms with Crippen LogP contribution < -0.4 is 4.90 Å². The highest BCUT2D eigenvalue weighted by Gasteiger charge is 2.29. The zero-order valence-corrected chi connectivity index (χ0v) is 13.2. The first-order chi connectivity index (χ1) is 10.7. The summed E-state index contributed by atoms with van der Waals surface area (Å²) in [6.07, 6.45) is 4.32. The van der Waals surface area contributed by atoms with Gasteiger partial charge in [0.15, 0.2) is 0 Å². The van der Waals surface area contributed by atoms with E-state index in [0.29, 0.717) is 12.6 Å². The number of rotatable bonds is 5. The predicted molar refractivity (Wildman–Crippen MR) is 87.4 cm³/mol. The number of carbonyl (C=O) groups is 1. The molecule has 0 radical (unpaired) electrons. The number of hydrogen-bond donors (Lipinski definition) is 3. The highest BCUT2D eigenvalue weighted by Crippen LogP contribution is 2.22. The molecule has 1 aromatic heterocycles. The van der Waals surface area contributed by atoms with E-state index in [2.05, 4.69) is 4.98 Å². The Morgan fingerprint density at radius 1 is 1.36 bits per heavy atom. The van der Waals surface area contributed by atoms with Crippen molar-refractivity contribution in [1.29, 1.82) is 0 Å². The van der Waals surface area contributed by atoms with Crippen molar-refractivity contribution in [2.24, 2.45) is 0 Å². The molecule has 3 N–H and O–H groups in total. The number of nitrogens with one attached hydrogen (secondary N) is 2. The minimum Gasteiger partial charge on any atom is -0.396 e. The summed E-state index contributed by atoms with van der Waals surface area (Å²) >= 11 is 0. The lowest BCUT2D eigenvalue weighted by atomic mass is 9.98. The van der Waals surface area contributed by atoms with Crippen LogP contribution in [0, 0.1) is 6.92 Å². The summed E-state index contributed by atoms with van der Waals surface area (Å²) in [5.74, 6) is 0.217. The molecule has 22 heavy (non-hydrogen) atoms. The summed E-state index contributed by atoms with van der Waals surface area (Å²) in [4.78, 5) is 17.5. The molecule has 0 aliphatic carbocycles. The predicted octanol–water partition coefficient (Wildman–Crippen LogP) is 1.48. The molecule has 0 spiro atoms. The molecule has 2 atom stereocenters. The minimum atomic E-state index is 0.217. The molecule has 2 aromatic rings. The second-order valence-corrected chi connectivity index (χ2v) is 6.38. The van der Waals surface area contributed by atoms with Gasteiger partial charge in [-0.3, -0.25) is 4.79 Å². The Kier molecular flexibility index (Phi) is 4.60. The van der Waals surface area contributed by atoms with Crippen LogP contribution in [0.2, 0.25) is 0 Å². The molecule has 1 unspecified atom stereocenters. The normalized spacial score (nSPS) is 22.1. The van der Waals surface area contributed by atoms with Gasteiger partial charge in [-0.1, -0.05) is 18.2 Å². The van der Waals surface area contributed by atoms with E-state index in [1.807, 2.05) is 31.2 Å². The van der Waals surface area contributed by atoms with Crippen molar-refractivity contribution < 1.29 is 14.8 Å². The second-order valence-electron chi connectivity index (χ2n) is 6.38. The van der Waals surface area contributed by atoms with Gasteiger partial charge < -0.3 is 15.0 Å². The molecular weight excluding hydrogens is 276 g/mol. The highest BCUT2D eigenvalue weighted by atomic mass is 16.3. The van der Waals surface area contributed by atoms with Crippen LogP contribution in [0.3, 0.4) is 0 Å². The third-order valence-electron chi connectivity index (χ3n) is 4.92. The van der Waals surface area contributed by atoms with Gasteiger partial charge in [-0.2, -0.15) is 0 Å². The molecule has 4 nitrogen and oxygen atoms in total. The molecule has 1 aliphatic heterocycles. The Hall–Kier alpha value is -1.65. The third kappa shape index (κ3) is 2.94. The number of ketones is 1. The summed E-state index contributed by atoms with van der Waals surface area (Å²) in [5, 5.41) is 10.3. The minimum absolute atomic E-state index is 0.217. The maximum Gasteiger partial charge on any atom is 0.219 e. The molecule has 1 aliphatic rings. The molecule has 0 bridgehead atoms. The number of para-hydroxylation sites is 1. The first-order valence-corrected chi connectivity index (χ1v) is 8.26. The molecule has 3 rings (SSSR count). The Morgan fingerprint density at radius 2 is 2.18 bits per heavy atom. The number of likely N-dealkylation sites (tertiary alicyclic amines) is 1. The highest BCUT2D eigenvalue weighted by molar-refractivity contribution is 6.09. The topological polar surface area (TPSA) is 57.5 Å². The zero-order valence-electron chi connectivity index (χ0n) is 13.2. The fourth-order valence-electron chi connectivity index (χ4n) is 3.82. The summed E-state index contributed by atoms with van der Waals surface area (Å²) in [7, 11) is 0. The number of aromatic amines is 1. The Balaban J connectivity index is 1.82. The van der Waals surface area contributed by atoms with E-state index in [1.165, 1.54) is 17.7 Å². The average molecular weight is 301 g/mol. The van der Waals surface area contributed by atoms with Gasteiger partial charge in [0.05, 0.1) is 18.2 Å². The smallest absolute Gasteiger partial charge is 0.219 e. The fraction of sp³-hybridized carbons (Fsp3) is 0.500. The van der Waals surface area contributed by atoms with Crippen molar-refractivity contribution in [1.82, 2.24) is 4.98 Å². The van der Waals surface area contributed by atoms with E-state index in [1.54, 1.807) is 0 Å². The Labute approximate surface area is 131 Å². The maximum atomic E-state index is 12.9. The quantitative estimate of drug-likeness (QED) is 0.733. The van der Waals surface area contributed by atoms with E-state index in [9.17, 15) is 9.90 Å². The second kappa shape index (κ2) is 6.63. The Morgan fingerprint density at radius 3 is 3.00 bits per heavy atom. The van der Waals surface area contributed by atoms with Gasteiger partial charge in [-0.15, -0.1) is 0 Å². The fourth-order valence-corrected chi connectivity index (χ4v) is 3.82. The lowest BCUT2D eigenvalue weighted by Crippen LogP contribution is -3.17. The van der Waals surface area contributed by atoms with Crippen molar-refractivity contribution in [3.8, 4) is 0 Å². The SMILES string of the molecule is Cc1[nH]c2ccccc2c1C(=O)C[NH+]1CCCC[C@@H]1CCO. The van der Waals surface area contributed by atoms with Crippen LogP contribution in [0.15, 0.2) is 24.3 Å². The van der Waals surface area contributed by atoms with Crippen LogP contribution >= 0.6 is 0 Å². The third-order valence-corrected chi connectivity index (χ3v) is 4.92. The molecule has 1 fully saturated rings. The van der Waals surface area contributed by atoms with Crippen LogP contribution in [0.5, 0.6) is 0 Å². The van der Waals surface area contributed by atoms with Crippen molar-refractivity contribution in [2.45, 2.75) is 38.6 Å². The van der Waals surface area contributed by atoms with Gasteiger partial charge in [0.25, 0.3) is 0 Å². The van der Waals surface area contributed by atoms with Crippen molar-refractivity contribution in [3.05, 3.63) is 35.5 Å². The number of aryl methyl sites for hydroxylation is 1. The molecule has 0 saturated carbocycles. The van der Waals surface area contributed by atoms with E-state index in [4.69, 9.17) is 0 Å². The van der Waals surface area contributed by atoms with Crippen LogP contribution in [0.1, 0.15) is 41.7 Å². The number of Topliss-reactive ketones (excluding diaryl/α,β-unsaturated/α-hetero) is 1. The monoisotopic (exact) mass is 301 g/mol. The van der Waals surface area contributed by atoms with Gasteiger partial charge in [0, 0.05) is 29.6 Å².